The van der Waals surface area contributed by atoms with E-state index in [1.807, 2.05) is 0 Å². The van der Waals surface area contributed by atoms with Crippen molar-refractivity contribution in [3.63, 3.8) is 0 Å². The summed E-state index contributed by atoms with van der Waals surface area (Å²) < 4.78 is 34.5. The lowest BCUT2D eigenvalue weighted by Crippen LogP contribution is -2.64. The molecule has 14 atom stereocenters. The highest BCUT2D eigenvalue weighted by Crippen LogP contribution is 2.41. The first-order valence-electron chi connectivity index (χ1n) is 14.2. The lowest BCUT2D eigenvalue weighted by Gasteiger charge is -2.42. The Morgan fingerprint density at radius 3 is 1.49 bits per heavy atom. The summed E-state index contributed by atoms with van der Waals surface area (Å²) in [6.07, 6.45) is -11.7. The van der Waals surface area contributed by atoms with Crippen LogP contribution in [0.1, 0.15) is 34.1 Å². The van der Waals surface area contributed by atoms with Gasteiger partial charge in [-0.3, -0.25) is 0 Å². The molecule has 0 aromatic heterocycles. The first-order valence-corrected chi connectivity index (χ1v) is 14.2. The minimum absolute atomic E-state index is 0.0900. The summed E-state index contributed by atoms with van der Waals surface area (Å²) in [7, 11) is 0. The third-order valence-corrected chi connectivity index (χ3v) is 8.44. The third-order valence-electron chi connectivity index (χ3n) is 8.44. The van der Waals surface area contributed by atoms with Crippen molar-refractivity contribution in [2.75, 3.05) is 13.1 Å². The van der Waals surface area contributed by atoms with Gasteiger partial charge in [-0.25, -0.2) is 0 Å². The van der Waals surface area contributed by atoms with E-state index in [1.165, 1.54) is 0 Å². The van der Waals surface area contributed by atoms with E-state index >= 15 is 0 Å². The normalized spacial score (nSPS) is 45.9. The van der Waals surface area contributed by atoms with Crippen molar-refractivity contribution in [1.29, 1.82) is 0 Å². The number of azide groups is 2. The van der Waals surface area contributed by atoms with E-state index in [4.69, 9.17) is 39.5 Å². The first kappa shape index (κ1) is 32.5. The average Bonchev–Trinajstić information content (AvgIpc) is 3.62. The Balaban J connectivity index is 1.16. The minimum Gasteiger partial charge on any atom is -0.389 e. The van der Waals surface area contributed by atoms with Crippen LogP contribution in [0.4, 0.5) is 0 Å². The van der Waals surface area contributed by atoms with Crippen LogP contribution in [-0.2, 0) is 28.4 Å². The molecule has 5 aliphatic rings. The Bertz CT molecular complexity index is 1030. The van der Waals surface area contributed by atoms with Crippen molar-refractivity contribution in [3.8, 4) is 0 Å². The van der Waals surface area contributed by atoms with Crippen LogP contribution in [0.15, 0.2) is 10.2 Å². The molecule has 5 fully saturated rings. The summed E-state index contributed by atoms with van der Waals surface area (Å²) in [6, 6.07) is -3.34. The van der Waals surface area contributed by atoms with Crippen molar-refractivity contribution in [2.45, 2.75) is 137 Å². The van der Waals surface area contributed by atoms with Crippen LogP contribution in [0.3, 0.4) is 0 Å². The number of ether oxygens (including phenoxy) is 6. The standard InChI is InChI=1S/C24H40N8O11/c1-23(2)40-19-12(29-31-25)17(38-21(19)42-23)10(33)6-27-8-5-9(15(36)16(37)14(8)35)28-7-11(34)18-13(30-32-26)20-22(39-18)43-24(3,4)41-20/h8-22,27-28,33-37H,5-7H2,1-4H3. The van der Waals surface area contributed by atoms with Gasteiger partial charge in [-0.1, -0.05) is 10.2 Å². The van der Waals surface area contributed by atoms with Gasteiger partial charge in [0, 0.05) is 35.0 Å². The van der Waals surface area contributed by atoms with Gasteiger partial charge in [-0.05, 0) is 45.2 Å². The van der Waals surface area contributed by atoms with Crippen molar-refractivity contribution in [2.24, 2.45) is 10.2 Å². The van der Waals surface area contributed by atoms with E-state index in [9.17, 15) is 25.5 Å². The topological polar surface area (TPSA) is 278 Å². The largest absolute Gasteiger partial charge is 0.389 e. The highest BCUT2D eigenvalue weighted by molar-refractivity contribution is 5.04. The molecule has 1 aliphatic carbocycles. The van der Waals surface area contributed by atoms with E-state index in [1.54, 1.807) is 27.7 Å². The number of fused-ring (bicyclic) bond motifs is 2. The second kappa shape index (κ2) is 12.5. The third kappa shape index (κ3) is 6.57. The van der Waals surface area contributed by atoms with Gasteiger partial charge in [0.25, 0.3) is 0 Å². The Morgan fingerprint density at radius 2 is 1.12 bits per heavy atom. The number of aliphatic hydroxyl groups excluding tert-OH is 5. The molecule has 19 nitrogen and oxygen atoms in total. The smallest absolute Gasteiger partial charge is 0.188 e. The first-order chi connectivity index (χ1) is 20.2. The van der Waals surface area contributed by atoms with E-state index < -0.39 is 103 Å². The van der Waals surface area contributed by atoms with Crippen LogP contribution in [0, 0.1) is 0 Å². The van der Waals surface area contributed by atoms with Gasteiger partial charge in [0.05, 0.1) is 48.7 Å². The minimum atomic E-state index is -1.55. The molecule has 1 saturated carbocycles. The zero-order valence-corrected chi connectivity index (χ0v) is 24.2. The van der Waals surface area contributed by atoms with Gasteiger partial charge in [-0.2, -0.15) is 0 Å². The van der Waals surface area contributed by atoms with Crippen LogP contribution in [-0.4, -0.2) is 142 Å². The van der Waals surface area contributed by atoms with Gasteiger partial charge < -0.3 is 64.6 Å². The predicted molar refractivity (Wildman–Crippen MR) is 141 cm³/mol. The monoisotopic (exact) mass is 616 g/mol. The van der Waals surface area contributed by atoms with Crippen LogP contribution >= 0.6 is 0 Å². The molecule has 0 spiro atoms. The number of hydrogen-bond donors (Lipinski definition) is 7. The second-order valence-electron chi connectivity index (χ2n) is 12.4. The Hall–Kier alpha value is -1.90. The molecule has 0 radical (unpaired) electrons. The zero-order chi connectivity index (χ0) is 31.3. The van der Waals surface area contributed by atoms with Crippen molar-refractivity contribution in [1.82, 2.24) is 10.6 Å². The van der Waals surface area contributed by atoms with Crippen LogP contribution < -0.4 is 10.6 Å². The van der Waals surface area contributed by atoms with E-state index in [0.29, 0.717) is 0 Å². The molecule has 14 unspecified atom stereocenters. The fourth-order valence-corrected chi connectivity index (χ4v) is 6.47. The molecule has 4 saturated heterocycles. The Morgan fingerprint density at radius 1 is 0.721 bits per heavy atom. The maximum absolute atomic E-state index is 10.9. The van der Waals surface area contributed by atoms with Gasteiger partial charge >= 0.3 is 0 Å². The van der Waals surface area contributed by atoms with E-state index in [-0.39, 0.29) is 19.5 Å². The second-order valence-corrected chi connectivity index (χ2v) is 12.4. The van der Waals surface area contributed by atoms with Gasteiger partial charge in [0.2, 0.25) is 0 Å². The van der Waals surface area contributed by atoms with Gasteiger partial charge in [-0.15, -0.1) is 0 Å². The number of aliphatic hydroxyl groups is 5. The molecule has 0 amide bonds. The summed E-state index contributed by atoms with van der Waals surface area (Å²) >= 11 is 0. The lowest BCUT2D eigenvalue weighted by molar-refractivity contribution is -0.215. The number of nitrogens with zero attached hydrogens (tertiary/aromatic N) is 6. The summed E-state index contributed by atoms with van der Waals surface area (Å²) in [5.41, 5.74) is 18.1. The highest BCUT2D eigenvalue weighted by atomic mass is 16.8. The molecule has 0 bridgehead atoms. The van der Waals surface area contributed by atoms with E-state index in [2.05, 4.69) is 30.7 Å². The van der Waals surface area contributed by atoms with Crippen LogP contribution in [0.5, 0.6) is 0 Å². The molecular weight excluding hydrogens is 576 g/mol. The molecule has 5 rings (SSSR count). The summed E-state index contributed by atoms with van der Waals surface area (Å²) in [6.45, 7) is 6.50. The number of hydrogen-bond acceptors (Lipinski definition) is 15. The summed E-state index contributed by atoms with van der Waals surface area (Å²) in [5, 5.41) is 67.1. The maximum Gasteiger partial charge on any atom is 0.188 e. The van der Waals surface area contributed by atoms with Crippen molar-refractivity contribution >= 4 is 0 Å². The molecule has 4 heterocycles. The SMILES string of the molecule is CC1(C)OC2OC(C(O)CNC3CC(NCC(O)C4OC5OC(C)(C)OC5C4N=[N+]=[N-])C(O)C(O)C3O)C(N=[N+]=[N-])C2O1. The van der Waals surface area contributed by atoms with Crippen LogP contribution in [0.2, 0.25) is 0 Å². The summed E-state index contributed by atoms with van der Waals surface area (Å²) in [4.78, 5) is 5.70. The molecule has 242 valence electrons. The van der Waals surface area contributed by atoms with Crippen LogP contribution in [0.25, 0.3) is 20.9 Å². The van der Waals surface area contributed by atoms with Crippen molar-refractivity contribution in [3.05, 3.63) is 20.9 Å². The predicted octanol–water partition coefficient (Wildman–Crippen LogP) is -1.78. The number of nitrogens with one attached hydrogen (secondary N) is 2. The summed E-state index contributed by atoms with van der Waals surface area (Å²) in [5.74, 6) is -1.90. The lowest BCUT2D eigenvalue weighted by atomic mass is 9.83. The Kier molecular flexibility index (Phi) is 9.43. The Labute approximate surface area is 246 Å². The van der Waals surface area contributed by atoms with Crippen molar-refractivity contribution < 1.29 is 54.0 Å². The quantitative estimate of drug-likeness (QED) is 0.0813. The maximum atomic E-state index is 10.9. The van der Waals surface area contributed by atoms with Gasteiger partial charge in [0.1, 0.15) is 18.3 Å². The molecule has 0 aromatic carbocycles. The average molecular weight is 617 g/mol. The molecule has 43 heavy (non-hydrogen) atoms. The fraction of sp³-hybridized carbons (Fsp3) is 1.00. The fourth-order valence-electron chi connectivity index (χ4n) is 6.47. The zero-order valence-electron chi connectivity index (χ0n) is 24.2. The van der Waals surface area contributed by atoms with E-state index in [0.717, 1.165) is 0 Å². The molecule has 4 aliphatic heterocycles. The molecular formula is C24H40N8O11. The molecule has 7 N–H and O–H groups in total. The van der Waals surface area contributed by atoms with Gasteiger partial charge in [0.15, 0.2) is 24.2 Å². The highest BCUT2D eigenvalue weighted by Gasteiger charge is 2.57. The number of rotatable bonds is 10. The molecule has 0 aromatic rings. The molecule has 19 heteroatoms.